The van der Waals surface area contributed by atoms with Crippen LogP contribution in [0, 0.1) is 13.8 Å². The van der Waals surface area contributed by atoms with Crippen molar-refractivity contribution in [2.45, 2.75) is 33.1 Å². The minimum atomic E-state index is 0.0469. The van der Waals surface area contributed by atoms with Gasteiger partial charge in [0.25, 0.3) is 0 Å². The number of aryl methyl sites for hydroxylation is 2. The van der Waals surface area contributed by atoms with Gasteiger partial charge in [-0.15, -0.1) is 0 Å². The third kappa shape index (κ3) is 4.85. The maximum Gasteiger partial charge on any atom is 0.220 e. The molecule has 2 aromatic carbocycles. The number of para-hydroxylation sites is 2. The van der Waals surface area contributed by atoms with Crippen molar-refractivity contribution in [3.05, 3.63) is 59.4 Å². The van der Waals surface area contributed by atoms with Crippen LogP contribution in [-0.4, -0.2) is 29.0 Å². The van der Waals surface area contributed by atoms with E-state index in [1.54, 1.807) is 0 Å². The summed E-state index contributed by atoms with van der Waals surface area (Å²) in [5, 5.41) is 2.94. The third-order valence-electron chi connectivity index (χ3n) is 4.27. The highest BCUT2D eigenvalue weighted by atomic mass is 16.5. The lowest BCUT2D eigenvalue weighted by Gasteiger charge is -2.10. The van der Waals surface area contributed by atoms with Gasteiger partial charge in [-0.25, -0.2) is 4.98 Å². The van der Waals surface area contributed by atoms with Crippen molar-refractivity contribution in [3.8, 4) is 5.75 Å². The van der Waals surface area contributed by atoms with Gasteiger partial charge >= 0.3 is 0 Å². The zero-order valence-corrected chi connectivity index (χ0v) is 15.3. The number of carbonyl (C=O) groups is 1. The first-order chi connectivity index (χ1) is 12.6. The normalized spacial score (nSPS) is 10.8. The molecule has 0 spiro atoms. The van der Waals surface area contributed by atoms with Gasteiger partial charge in [0.1, 0.15) is 11.6 Å². The van der Waals surface area contributed by atoms with Crippen molar-refractivity contribution in [1.82, 2.24) is 15.3 Å². The number of H-pyrrole nitrogens is 1. The Morgan fingerprint density at radius 3 is 2.88 bits per heavy atom. The molecule has 3 rings (SSSR count). The molecule has 0 unspecified atom stereocenters. The average Bonchev–Trinajstić information content (AvgIpc) is 3.04. The van der Waals surface area contributed by atoms with Gasteiger partial charge in [-0.05, 0) is 49.6 Å². The van der Waals surface area contributed by atoms with Crippen molar-refractivity contribution in [1.29, 1.82) is 0 Å². The van der Waals surface area contributed by atoms with Gasteiger partial charge in [0.15, 0.2) is 0 Å². The molecule has 5 nitrogen and oxygen atoms in total. The van der Waals surface area contributed by atoms with Gasteiger partial charge in [0.2, 0.25) is 5.91 Å². The van der Waals surface area contributed by atoms with Crippen LogP contribution in [0.5, 0.6) is 5.75 Å². The lowest BCUT2D eigenvalue weighted by Crippen LogP contribution is -2.26. The summed E-state index contributed by atoms with van der Waals surface area (Å²) >= 11 is 0. The first-order valence-electron chi connectivity index (χ1n) is 9.02. The second-order valence-electron chi connectivity index (χ2n) is 6.52. The predicted octanol–water partition coefficient (Wildman–Crippen LogP) is 3.70. The molecule has 5 heteroatoms. The van der Waals surface area contributed by atoms with Crippen LogP contribution < -0.4 is 10.1 Å². The van der Waals surface area contributed by atoms with E-state index in [-0.39, 0.29) is 5.91 Å². The Kier molecular flexibility index (Phi) is 5.89. The number of aromatic amines is 1. The molecule has 1 aromatic heterocycles. The van der Waals surface area contributed by atoms with Crippen LogP contribution in [0.15, 0.2) is 42.5 Å². The smallest absolute Gasteiger partial charge is 0.220 e. The Bertz CT molecular complexity index is 853. The molecular weight excluding hydrogens is 326 g/mol. The molecule has 26 heavy (non-hydrogen) atoms. The SMILES string of the molecule is Cc1ccc(C)c(OCCCC(=O)NCCc2nc3ccccc3[nH]2)c1. The summed E-state index contributed by atoms with van der Waals surface area (Å²) in [5.74, 6) is 1.84. The second kappa shape index (κ2) is 8.52. The van der Waals surface area contributed by atoms with Crippen molar-refractivity contribution in [3.63, 3.8) is 0 Å². The predicted molar refractivity (Wildman–Crippen MR) is 103 cm³/mol. The number of amides is 1. The first kappa shape index (κ1) is 18.0. The second-order valence-corrected chi connectivity index (χ2v) is 6.52. The number of ether oxygens (including phenoxy) is 1. The molecule has 0 aliphatic rings. The molecule has 0 radical (unpaired) electrons. The third-order valence-corrected chi connectivity index (χ3v) is 4.27. The van der Waals surface area contributed by atoms with Crippen molar-refractivity contribution in [2.75, 3.05) is 13.2 Å². The van der Waals surface area contributed by atoms with Crippen LogP contribution in [0.2, 0.25) is 0 Å². The van der Waals surface area contributed by atoms with Crippen LogP contribution >= 0.6 is 0 Å². The van der Waals surface area contributed by atoms with Crippen LogP contribution in [0.4, 0.5) is 0 Å². The fourth-order valence-corrected chi connectivity index (χ4v) is 2.81. The molecule has 0 aliphatic heterocycles. The van der Waals surface area contributed by atoms with E-state index >= 15 is 0 Å². The van der Waals surface area contributed by atoms with Gasteiger partial charge in [0.05, 0.1) is 17.6 Å². The molecule has 0 fully saturated rings. The van der Waals surface area contributed by atoms with E-state index < -0.39 is 0 Å². The maximum atomic E-state index is 11.9. The highest BCUT2D eigenvalue weighted by molar-refractivity contribution is 5.76. The van der Waals surface area contributed by atoms with E-state index in [4.69, 9.17) is 4.74 Å². The number of benzene rings is 2. The molecule has 0 bridgehead atoms. The standard InChI is InChI=1S/C21H25N3O2/c1-15-9-10-16(2)19(14-15)26-13-5-8-21(25)22-12-11-20-23-17-6-3-4-7-18(17)24-20/h3-4,6-7,9-10,14H,5,8,11-13H2,1-2H3,(H,22,25)(H,23,24). The lowest BCUT2D eigenvalue weighted by molar-refractivity contribution is -0.121. The van der Waals surface area contributed by atoms with Crippen molar-refractivity contribution in [2.24, 2.45) is 0 Å². The Balaban J connectivity index is 1.34. The van der Waals surface area contributed by atoms with Crippen LogP contribution in [0.3, 0.4) is 0 Å². The van der Waals surface area contributed by atoms with Gasteiger partial charge in [-0.3, -0.25) is 4.79 Å². The van der Waals surface area contributed by atoms with E-state index in [1.807, 2.05) is 44.2 Å². The molecule has 0 aliphatic carbocycles. The number of nitrogens with one attached hydrogen (secondary N) is 2. The van der Waals surface area contributed by atoms with Crippen LogP contribution in [-0.2, 0) is 11.2 Å². The maximum absolute atomic E-state index is 11.9. The zero-order chi connectivity index (χ0) is 18.4. The quantitative estimate of drug-likeness (QED) is 0.608. The Morgan fingerprint density at radius 1 is 1.19 bits per heavy atom. The summed E-state index contributed by atoms with van der Waals surface area (Å²) < 4.78 is 5.78. The summed E-state index contributed by atoms with van der Waals surface area (Å²) in [6, 6.07) is 14.1. The summed E-state index contributed by atoms with van der Waals surface area (Å²) in [4.78, 5) is 19.7. The van der Waals surface area contributed by atoms with Gasteiger partial charge < -0.3 is 15.0 Å². The molecule has 2 N–H and O–H groups in total. The summed E-state index contributed by atoms with van der Waals surface area (Å²) in [6.45, 7) is 5.19. The summed E-state index contributed by atoms with van der Waals surface area (Å²) in [6.07, 6.45) is 1.86. The minimum absolute atomic E-state index is 0.0469. The largest absolute Gasteiger partial charge is 0.493 e. The Morgan fingerprint density at radius 2 is 2.04 bits per heavy atom. The molecular formula is C21H25N3O2. The number of rotatable bonds is 8. The number of hydrogen-bond donors (Lipinski definition) is 2. The van der Waals surface area contributed by atoms with Crippen LogP contribution in [0.1, 0.15) is 29.8 Å². The number of aromatic nitrogens is 2. The van der Waals surface area contributed by atoms with Crippen LogP contribution in [0.25, 0.3) is 11.0 Å². The molecule has 1 heterocycles. The Labute approximate surface area is 153 Å². The summed E-state index contributed by atoms with van der Waals surface area (Å²) in [5.41, 5.74) is 4.27. The van der Waals surface area contributed by atoms with Crippen molar-refractivity contribution >= 4 is 16.9 Å². The zero-order valence-electron chi connectivity index (χ0n) is 15.3. The molecule has 1 amide bonds. The van der Waals surface area contributed by atoms with Crippen molar-refractivity contribution < 1.29 is 9.53 Å². The summed E-state index contributed by atoms with van der Waals surface area (Å²) in [7, 11) is 0. The number of carbonyl (C=O) groups excluding carboxylic acids is 1. The highest BCUT2D eigenvalue weighted by Crippen LogP contribution is 2.19. The van der Waals surface area contributed by atoms with Gasteiger partial charge in [-0.2, -0.15) is 0 Å². The fraction of sp³-hybridized carbons (Fsp3) is 0.333. The Hall–Kier alpha value is -2.82. The number of fused-ring (bicyclic) bond motifs is 1. The van der Waals surface area contributed by atoms with Gasteiger partial charge in [0, 0.05) is 19.4 Å². The van der Waals surface area contributed by atoms with Gasteiger partial charge in [-0.1, -0.05) is 24.3 Å². The minimum Gasteiger partial charge on any atom is -0.493 e. The fourth-order valence-electron chi connectivity index (χ4n) is 2.81. The molecule has 136 valence electrons. The van der Waals surface area contributed by atoms with E-state index in [0.717, 1.165) is 28.2 Å². The number of nitrogens with zero attached hydrogens (tertiary/aromatic N) is 1. The molecule has 0 saturated heterocycles. The molecule has 3 aromatic rings. The lowest BCUT2D eigenvalue weighted by atomic mass is 10.1. The monoisotopic (exact) mass is 351 g/mol. The highest BCUT2D eigenvalue weighted by Gasteiger charge is 2.05. The first-order valence-corrected chi connectivity index (χ1v) is 9.02. The average molecular weight is 351 g/mol. The molecule has 0 atom stereocenters. The van der Waals surface area contributed by atoms with E-state index in [0.29, 0.717) is 32.4 Å². The van der Waals surface area contributed by atoms with E-state index in [1.165, 1.54) is 5.56 Å². The van der Waals surface area contributed by atoms with E-state index in [9.17, 15) is 4.79 Å². The number of imidazole rings is 1. The topological polar surface area (TPSA) is 67.0 Å². The van der Waals surface area contributed by atoms with E-state index in [2.05, 4.69) is 27.4 Å². The molecule has 0 saturated carbocycles. The number of hydrogen-bond acceptors (Lipinski definition) is 3.